The van der Waals surface area contributed by atoms with Gasteiger partial charge in [-0.1, -0.05) is 20.8 Å². The van der Waals surface area contributed by atoms with E-state index >= 15 is 0 Å². The minimum atomic E-state index is -0.517. The number of hydrogen-bond donors (Lipinski definition) is 2. The first-order chi connectivity index (χ1) is 6.82. The van der Waals surface area contributed by atoms with Crippen LogP contribution in [0.15, 0.2) is 0 Å². The standard InChI is InChI=1S/C11H24N2O2/c1-6-13(7-2)10(15)12-8-9(14)11(3,4)5/h9,14H,6-8H2,1-5H3,(H,12,15). The van der Waals surface area contributed by atoms with Gasteiger partial charge in [0.15, 0.2) is 0 Å². The molecule has 0 saturated carbocycles. The van der Waals surface area contributed by atoms with Gasteiger partial charge < -0.3 is 15.3 Å². The van der Waals surface area contributed by atoms with Gasteiger partial charge in [-0.2, -0.15) is 0 Å². The van der Waals surface area contributed by atoms with Crippen molar-refractivity contribution in [2.24, 2.45) is 5.41 Å². The average Bonchev–Trinajstić information content (AvgIpc) is 2.14. The Kier molecular flexibility index (Phi) is 5.65. The van der Waals surface area contributed by atoms with Crippen LogP contribution in [0.25, 0.3) is 0 Å². The van der Waals surface area contributed by atoms with E-state index in [9.17, 15) is 9.90 Å². The van der Waals surface area contributed by atoms with Gasteiger partial charge in [0.05, 0.1) is 6.10 Å². The SMILES string of the molecule is CCN(CC)C(=O)NCC(O)C(C)(C)C. The molecule has 0 radical (unpaired) electrons. The van der Waals surface area contributed by atoms with Crippen molar-refractivity contribution in [3.8, 4) is 0 Å². The van der Waals surface area contributed by atoms with Crippen molar-refractivity contribution in [3.05, 3.63) is 0 Å². The van der Waals surface area contributed by atoms with E-state index < -0.39 is 6.10 Å². The van der Waals surface area contributed by atoms with Gasteiger partial charge in [-0.15, -0.1) is 0 Å². The molecule has 15 heavy (non-hydrogen) atoms. The van der Waals surface area contributed by atoms with Gasteiger partial charge in [0.2, 0.25) is 0 Å². The first-order valence-electron chi connectivity index (χ1n) is 5.53. The molecule has 0 aliphatic rings. The van der Waals surface area contributed by atoms with Crippen molar-refractivity contribution in [2.75, 3.05) is 19.6 Å². The minimum Gasteiger partial charge on any atom is -0.391 e. The Labute approximate surface area is 92.7 Å². The zero-order valence-corrected chi connectivity index (χ0v) is 10.5. The highest BCUT2D eigenvalue weighted by Crippen LogP contribution is 2.18. The van der Waals surface area contributed by atoms with Crippen LogP contribution in [0.1, 0.15) is 34.6 Å². The predicted molar refractivity (Wildman–Crippen MR) is 61.8 cm³/mol. The summed E-state index contributed by atoms with van der Waals surface area (Å²) in [4.78, 5) is 13.2. The molecule has 1 atom stereocenters. The van der Waals surface area contributed by atoms with Gasteiger partial charge in [0.25, 0.3) is 0 Å². The molecule has 4 nitrogen and oxygen atoms in total. The van der Waals surface area contributed by atoms with E-state index in [4.69, 9.17) is 0 Å². The summed E-state index contributed by atoms with van der Waals surface area (Å²) in [5, 5.41) is 12.5. The molecule has 0 bridgehead atoms. The van der Waals surface area contributed by atoms with Gasteiger partial charge in [-0.3, -0.25) is 0 Å². The summed E-state index contributed by atoms with van der Waals surface area (Å²) in [5.74, 6) is 0. The highest BCUT2D eigenvalue weighted by Gasteiger charge is 2.22. The molecule has 90 valence electrons. The number of carbonyl (C=O) groups is 1. The fourth-order valence-electron chi connectivity index (χ4n) is 1.11. The van der Waals surface area contributed by atoms with Crippen LogP contribution in [-0.4, -0.2) is 41.8 Å². The van der Waals surface area contributed by atoms with Gasteiger partial charge in [0, 0.05) is 19.6 Å². The fourth-order valence-corrected chi connectivity index (χ4v) is 1.11. The summed E-state index contributed by atoms with van der Waals surface area (Å²) < 4.78 is 0. The van der Waals surface area contributed by atoms with E-state index in [1.54, 1.807) is 4.90 Å². The predicted octanol–water partition coefficient (Wildman–Crippen LogP) is 1.44. The summed E-state index contributed by atoms with van der Waals surface area (Å²) in [7, 11) is 0. The van der Waals surface area contributed by atoms with Crippen LogP contribution >= 0.6 is 0 Å². The van der Waals surface area contributed by atoms with Crippen LogP contribution in [0.4, 0.5) is 4.79 Å². The molecule has 0 aromatic rings. The maximum atomic E-state index is 11.5. The number of amides is 2. The molecule has 1 unspecified atom stereocenters. The molecule has 0 heterocycles. The fraction of sp³-hybridized carbons (Fsp3) is 0.909. The quantitative estimate of drug-likeness (QED) is 0.747. The zero-order chi connectivity index (χ0) is 12.1. The van der Waals surface area contributed by atoms with Crippen LogP contribution in [-0.2, 0) is 0 Å². The van der Waals surface area contributed by atoms with Crippen LogP contribution in [0, 0.1) is 5.41 Å². The summed E-state index contributed by atoms with van der Waals surface area (Å²) in [6.07, 6.45) is -0.517. The number of aliphatic hydroxyl groups is 1. The Morgan fingerprint density at radius 2 is 1.80 bits per heavy atom. The van der Waals surface area contributed by atoms with Crippen molar-refractivity contribution in [3.63, 3.8) is 0 Å². The average molecular weight is 216 g/mol. The molecule has 2 N–H and O–H groups in total. The Hall–Kier alpha value is -0.770. The third-order valence-corrected chi connectivity index (χ3v) is 2.50. The normalized spacial score (nSPS) is 13.5. The van der Waals surface area contributed by atoms with Crippen molar-refractivity contribution >= 4 is 6.03 Å². The molecule has 4 heteroatoms. The molecule has 0 fully saturated rings. The Balaban J connectivity index is 4.00. The summed E-state index contributed by atoms with van der Waals surface area (Å²) in [6, 6.07) is -0.108. The van der Waals surface area contributed by atoms with Gasteiger partial charge in [-0.05, 0) is 19.3 Å². The number of hydrogen-bond acceptors (Lipinski definition) is 2. The lowest BCUT2D eigenvalue weighted by Crippen LogP contribution is -2.45. The van der Waals surface area contributed by atoms with E-state index in [2.05, 4.69) is 5.32 Å². The number of nitrogens with zero attached hydrogens (tertiary/aromatic N) is 1. The Bertz CT molecular complexity index is 195. The lowest BCUT2D eigenvalue weighted by molar-refractivity contribution is 0.0636. The topological polar surface area (TPSA) is 52.6 Å². The third kappa shape index (κ3) is 5.02. The van der Waals surface area contributed by atoms with Gasteiger partial charge in [0.1, 0.15) is 0 Å². The smallest absolute Gasteiger partial charge is 0.317 e. The van der Waals surface area contributed by atoms with E-state index in [0.717, 1.165) is 0 Å². The summed E-state index contributed by atoms with van der Waals surface area (Å²) in [5.41, 5.74) is -0.198. The van der Waals surface area contributed by atoms with Gasteiger partial charge in [-0.25, -0.2) is 4.79 Å². The molecule has 0 spiro atoms. The maximum absolute atomic E-state index is 11.5. The minimum absolute atomic E-state index is 0.108. The number of carbonyl (C=O) groups excluding carboxylic acids is 1. The molecule has 0 aromatic carbocycles. The molecule has 0 aliphatic carbocycles. The number of aliphatic hydroxyl groups excluding tert-OH is 1. The lowest BCUT2D eigenvalue weighted by Gasteiger charge is -2.27. The molecule has 0 saturated heterocycles. The Morgan fingerprint density at radius 1 is 1.33 bits per heavy atom. The zero-order valence-electron chi connectivity index (χ0n) is 10.5. The Morgan fingerprint density at radius 3 is 2.13 bits per heavy atom. The van der Waals surface area contributed by atoms with E-state index in [1.165, 1.54) is 0 Å². The van der Waals surface area contributed by atoms with Crippen molar-refractivity contribution in [1.29, 1.82) is 0 Å². The maximum Gasteiger partial charge on any atom is 0.317 e. The monoisotopic (exact) mass is 216 g/mol. The highest BCUT2D eigenvalue weighted by molar-refractivity contribution is 5.74. The van der Waals surface area contributed by atoms with E-state index in [1.807, 2.05) is 34.6 Å². The molecule has 2 amide bonds. The molecular weight excluding hydrogens is 192 g/mol. The second-order valence-electron chi connectivity index (χ2n) is 4.74. The van der Waals surface area contributed by atoms with Gasteiger partial charge >= 0.3 is 6.03 Å². The van der Waals surface area contributed by atoms with Crippen molar-refractivity contribution in [1.82, 2.24) is 10.2 Å². The highest BCUT2D eigenvalue weighted by atomic mass is 16.3. The molecule has 0 aromatic heterocycles. The second kappa shape index (κ2) is 5.95. The largest absolute Gasteiger partial charge is 0.391 e. The van der Waals surface area contributed by atoms with Crippen LogP contribution in [0.5, 0.6) is 0 Å². The first-order valence-corrected chi connectivity index (χ1v) is 5.53. The van der Waals surface area contributed by atoms with Crippen LogP contribution in [0.3, 0.4) is 0 Å². The molecular formula is C11H24N2O2. The first kappa shape index (κ1) is 14.2. The molecule has 0 rings (SSSR count). The van der Waals surface area contributed by atoms with Crippen molar-refractivity contribution in [2.45, 2.75) is 40.7 Å². The number of nitrogens with one attached hydrogen (secondary N) is 1. The second-order valence-corrected chi connectivity index (χ2v) is 4.74. The van der Waals surface area contributed by atoms with Crippen LogP contribution in [0.2, 0.25) is 0 Å². The van der Waals surface area contributed by atoms with E-state index in [0.29, 0.717) is 19.6 Å². The third-order valence-electron chi connectivity index (χ3n) is 2.50. The number of rotatable bonds is 4. The summed E-state index contributed by atoms with van der Waals surface area (Å²) >= 11 is 0. The molecule has 0 aliphatic heterocycles. The van der Waals surface area contributed by atoms with E-state index in [-0.39, 0.29) is 11.4 Å². The number of urea groups is 1. The lowest BCUT2D eigenvalue weighted by atomic mass is 9.89. The van der Waals surface area contributed by atoms with Crippen molar-refractivity contribution < 1.29 is 9.90 Å². The van der Waals surface area contributed by atoms with Crippen LogP contribution < -0.4 is 5.32 Å². The summed E-state index contributed by atoms with van der Waals surface area (Å²) in [6.45, 7) is 11.4.